The van der Waals surface area contributed by atoms with Crippen molar-refractivity contribution < 1.29 is 19.4 Å². The monoisotopic (exact) mass is 477 g/mol. The molecule has 0 bridgehead atoms. The van der Waals surface area contributed by atoms with Crippen molar-refractivity contribution in [2.75, 3.05) is 11.4 Å². The third kappa shape index (κ3) is 5.61. The molecule has 1 heterocycles. The second-order valence-electron chi connectivity index (χ2n) is 11.3. The van der Waals surface area contributed by atoms with Gasteiger partial charge in [-0.05, 0) is 88.1 Å². The van der Waals surface area contributed by atoms with Gasteiger partial charge >= 0.3 is 5.97 Å². The van der Waals surface area contributed by atoms with Gasteiger partial charge in [-0.25, -0.2) is 4.79 Å². The van der Waals surface area contributed by atoms with Gasteiger partial charge < -0.3 is 14.7 Å². The molecule has 1 aliphatic heterocycles. The second-order valence-corrected chi connectivity index (χ2v) is 11.3. The quantitative estimate of drug-likeness (QED) is 0.498. The summed E-state index contributed by atoms with van der Waals surface area (Å²) in [6, 6.07) is 10.2. The van der Waals surface area contributed by atoms with Gasteiger partial charge in [0.05, 0.1) is 5.60 Å². The van der Waals surface area contributed by atoms with Gasteiger partial charge in [-0.15, -0.1) is 0 Å². The van der Waals surface area contributed by atoms with Gasteiger partial charge in [-0.3, -0.25) is 4.79 Å². The number of hydrogen-bond donors (Lipinski definition) is 1. The van der Waals surface area contributed by atoms with Crippen LogP contribution in [0, 0.1) is 19.8 Å². The van der Waals surface area contributed by atoms with Crippen LogP contribution in [0.25, 0.3) is 11.1 Å². The lowest BCUT2D eigenvalue weighted by molar-refractivity contribution is -0.160. The molecule has 5 heteroatoms. The van der Waals surface area contributed by atoms with Gasteiger partial charge in [-0.1, -0.05) is 49.1 Å². The lowest BCUT2D eigenvalue weighted by atomic mass is 9.86. The zero-order valence-corrected chi connectivity index (χ0v) is 21.8. The van der Waals surface area contributed by atoms with Crippen LogP contribution in [0.5, 0.6) is 0 Å². The average Bonchev–Trinajstić information content (AvgIpc) is 3.21. The Kier molecular flexibility index (Phi) is 7.37. The number of rotatable bonds is 6. The summed E-state index contributed by atoms with van der Waals surface area (Å²) in [6.45, 7) is 10.3. The number of aliphatic carboxylic acids is 1. The van der Waals surface area contributed by atoms with E-state index < -0.39 is 17.7 Å². The van der Waals surface area contributed by atoms with E-state index in [4.69, 9.17) is 4.74 Å². The van der Waals surface area contributed by atoms with Crippen LogP contribution in [0.1, 0.15) is 87.7 Å². The van der Waals surface area contributed by atoms with Crippen LogP contribution in [0.2, 0.25) is 0 Å². The fourth-order valence-electron chi connectivity index (χ4n) is 5.68. The van der Waals surface area contributed by atoms with E-state index in [1.54, 1.807) is 0 Å². The number of benzene rings is 2. The molecule has 2 aromatic carbocycles. The van der Waals surface area contributed by atoms with Crippen molar-refractivity contribution in [2.45, 2.75) is 91.3 Å². The first-order chi connectivity index (χ1) is 16.5. The number of amides is 1. The first kappa shape index (κ1) is 25.4. The minimum Gasteiger partial charge on any atom is -0.479 e. The Morgan fingerprint density at radius 2 is 1.74 bits per heavy atom. The Labute approximate surface area is 209 Å². The fourth-order valence-corrected chi connectivity index (χ4v) is 5.68. The second kappa shape index (κ2) is 10.1. The molecular formula is C30H39NO4. The van der Waals surface area contributed by atoms with Gasteiger partial charge in [0, 0.05) is 24.2 Å². The molecule has 1 unspecified atom stereocenters. The Morgan fingerprint density at radius 1 is 1.09 bits per heavy atom. The Morgan fingerprint density at radius 3 is 2.34 bits per heavy atom. The minimum atomic E-state index is -1.09. The van der Waals surface area contributed by atoms with Crippen LogP contribution in [0.15, 0.2) is 30.3 Å². The molecule has 1 aliphatic carbocycles. The van der Waals surface area contributed by atoms with E-state index in [2.05, 4.69) is 24.3 Å². The summed E-state index contributed by atoms with van der Waals surface area (Å²) in [5.74, 6) is -0.327. The number of hydrogen-bond acceptors (Lipinski definition) is 3. The van der Waals surface area contributed by atoms with Crippen LogP contribution in [-0.2, 0) is 20.7 Å². The molecule has 5 nitrogen and oxygen atoms in total. The zero-order chi connectivity index (χ0) is 25.3. The van der Waals surface area contributed by atoms with E-state index in [0.717, 1.165) is 46.3 Å². The normalized spacial score (nSPS) is 17.3. The van der Waals surface area contributed by atoms with E-state index in [1.165, 1.54) is 19.3 Å². The van der Waals surface area contributed by atoms with Gasteiger partial charge in [0.15, 0.2) is 6.10 Å². The highest BCUT2D eigenvalue weighted by Crippen LogP contribution is 2.45. The summed E-state index contributed by atoms with van der Waals surface area (Å²) in [4.78, 5) is 27.8. The third-order valence-electron chi connectivity index (χ3n) is 7.32. The van der Waals surface area contributed by atoms with E-state index >= 15 is 0 Å². The number of carboxylic acid groups (broad SMARTS) is 1. The fraction of sp³-hybridized carbons (Fsp3) is 0.533. The molecule has 0 spiro atoms. The standard InChI is InChI=1S/C30H39NO4/c1-19-11-13-22(14-12-19)27-23-15-16-31(25(32)18-21-9-7-6-8-10-21)24(23)17-20(2)26(27)28(29(33)34)35-30(3,4)5/h11-14,17,21,28H,6-10,15-16,18H2,1-5H3,(H,33,34). The summed E-state index contributed by atoms with van der Waals surface area (Å²) in [5, 5.41) is 10.2. The zero-order valence-electron chi connectivity index (χ0n) is 21.8. The Bertz CT molecular complexity index is 1090. The average molecular weight is 478 g/mol. The van der Waals surface area contributed by atoms with Gasteiger partial charge in [0.2, 0.25) is 5.91 Å². The molecule has 0 saturated heterocycles. The van der Waals surface area contributed by atoms with Gasteiger partial charge in [0.1, 0.15) is 0 Å². The molecule has 2 aromatic rings. The lowest BCUT2D eigenvalue weighted by Crippen LogP contribution is -2.31. The van der Waals surface area contributed by atoms with Crippen LogP contribution in [0.3, 0.4) is 0 Å². The number of carboxylic acids is 1. The Balaban J connectivity index is 1.81. The predicted octanol–water partition coefficient (Wildman–Crippen LogP) is 6.77. The molecule has 4 rings (SSSR count). The largest absolute Gasteiger partial charge is 0.479 e. The Hall–Kier alpha value is -2.66. The molecule has 1 atom stereocenters. The summed E-state index contributed by atoms with van der Waals surface area (Å²) in [7, 11) is 0. The van der Waals surface area contributed by atoms with Crippen molar-refractivity contribution in [3.63, 3.8) is 0 Å². The van der Waals surface area contributed by atoms with E-state index in [9.17, 15) is 14.7 Å². The lowest BCUT2D eigenvalue weighted by Gasteiger charge is -2.29. The number of aryl methyl sites for hydroxylation is 2. The minimum absolute atomic E-state index is 0.193. The highest BCUT2D eigenvalue weighted by atomic mass is 16.5. The van der Waals surface area contributed by atoms with Crippen molar-refractivity contribution >= 4 is 17.6 Å². The van der Waals surface area contributed by atoms with Crippen molar-refractivity contribution in [3.05, 3.63) is 52.6 Å². The number of nitrogens with zero attached hydrogens (tertiary/aromatic N) is 1. The summed E-state index contributed by atoms with van der Waals surface area (Å²) >= 11 is 0. The van der Waals surface area contributed by atoms with Crippen molar-refractivity contribution in [3.8, 4) is 11.1 Å². The smallest absolute Gasteiger partial charge is 0.337 e. The number of anilines is 1. The molecular weight excluding hydrogens is 438 g/mol. The number of carbonyl (C=O) groups is 2. The van der Waals surface area contributed by atoms with E-state index in [1.807, 2.05) is 45.6 Å². The first-order valence-corrected chi connectivity index (χ1v) is 13.0. The predicted molar refractivity (Wildman–Crippen MR) is 140 cm³/mol. The number of carbonyl (C=O) groups excluding carboxylic acids is 1. The summed E-state index contributed by atoms with van der Waals surface area (Å²) in [5.41, 5.74) is 5.91. The topological polar surface area (TPSA) is 66.8 Å². The van der Waals surface area contributed by atoms with Crippen LogP contribution in [-0.4, -0.2) is 29.1 Å². The molecule has 1 amide bonds. The van der Waals surface area contributed by atoms with Crippen LogP contribution in [0.4, 0.5) is 5.69 Å². The SMILES string of the molecule is Cc1ccc(-c2c3c(cc(C)c2C(OC(C)(C)C)C(=O)O)N(C(=O)CC2CCCCC2)CC3)cc1. The van der Waals surface area contributed by atoms with Crippen molar-refractivity contribution in [2.24, 2.45) is 5.92 Å². The molecule has 1 saturated carbocycles. The van der Waals surface area contributed by atoms with E-state index in [-0.39, 0.29) is 5.91 Å². The van der Waals surface area contributed by atoms with Gasteiger partial charge in [0.25, 0.3) is 0 Å². The number of ether oxygens (including phenoxy) is 1. The third-order valence-corrected chi connectivity index (χ3v) is 7.32. The van der Waals surface area contributed by atoms with E-state index in [0.29, 0.717) is 30.9 Å². The maximum atomic E-state index is 13.4. The molecule has 2 aliphatic rings. The van der Waals surface area contributed by atoms with Crippen LogP contribution < -0.4 is 4.90 Å². The summed E-state index contributed by atoms with van der Waals surface area (Å²) < 4.78 is 6.11. The number of fused-ring (bicyclic) bond motifs is 1. The first-order valence-electron chi connectivity index (χ1n) is 13.0. The molecule has 0 radical (unpaired) electrons. The highest BCUT2D eigenvalue weighted by molar-refractivity contribution is 5.98. The molecule has 35 heavy (non-hydrogen) atoms. The molecule has 188 valence electrons. The van der Waals surface area contributed by atoms with Crippen molar-refractivity contribution in [1.29, 1.82) is 0 Å². The van der Waals surface area contributed by atoms with Crippen molar-refractivity contribution in [1.82, 2.24) is 0 Å². The van der Waals surface area contributed by atoms with Gasteiger partial charge in [-0.2, -0.15) is 0 Å². The van der Waals surface area contributed by atoms with Crippen LogP contribution >= 0.6 is 0 Å². The summed E-state index contributed by atoms with van der Waals surface area (Å²) in [6.07, 6.45) is 6.23. The maximum Gasteiger partial charge on any atom is 0.337 e. The molecule has 1 N–H and O–H groups in total. The maximum absolute atomic E-state index is 13.4. The highest BCUT2D eigenvalue weighted by Gasteiger charge is 2.36. The molecule has 1 fully saturated rings. The molecule has 0 aromatic heterocycles.